The first-order chi connectivity index (χ1) is 13.9. The minimum absolute atomic E-state index is 0.512. The lowest BCUT2D eigenvalue weighted by molar-refractivity contribution is -0.119. The number of anilines is 1. The highest BCUT2D eigenvalue weighted by Gasteiger charge is 2.20. The fourth-order valence-electron chi connectivity index (χ4n) is 2.80. The van der Waals surface area contributed by atoms with Gasteiger partial charge in [-0.15, -0.1) is 0 Å². The second kappa shape index (κ2) is 10.9. The summed E-state index contributed by atoms with van der Waals surface area (Å²) in [6.45, 7) is 4.89. The Bertz CT molecular complexity index is 809. The van der Waals surface area contributed by atoms with Gasteiger partial charge >= 0.3 is 6.03 Å². The maximum atomic E-state index is 12.4. The van der Waals surface area contributed by atoms with Crippen molar-refractivity contribution in [3.05, 3.63) is 54.1 Å². The van der Waals surface area contributed by atoms with Crippen molar-refractivity contribution in [1.29, 1.82) is 0 Å². The van der Waals surface area contributed by atoms with E-state index < -0.39 is 18.0 Å². The van der Waals surface area contributed by atoms with Crippen LogP contribution in [0.15, 0.2) is 48.5 Å². The van der Waals surface area contributed by atoms with Gasteiger partial charge in [0.15, 0.2) is 11.5 Å². The lowest BCUT2D eigenvalue weighted by atomic mass is 10.1. The smallest absolute Gasteiger partial charge is 0.320 e. The molecule has 156 valence electrons. The standard InChI is InChI=1S/C22H29N3O4/c1-15(2)8-7-13-29-19-14-17(11-12-18(19)28-3)24-22(27)25-20(21(23)26)16-9-5-4-6-10-16/h4-6,9-12,14-15,20H,7-8,13H2,1-3H3,(H2,23,26)(H2,24,25,27)/t20-/m1/s1. The summed E-state index contributed by atoms with van der Waals surface area (Å²) in [5.41, 5.74) is 6.57. The summed E-state index contributed by atoms with van der Waals surface area (Å²) in [5, 5.41) is 5.30. The van der Waals surface area contributed by atoms with Gasteiger partial charge in [-0.1, -0.05) is 44.2 Å². The predicted octanol–water partition coefficient (Wildman–Crippen LogP) is 3.86. The number of rotatable bonds is 10. The fraction of sp³-hybridized carbons (Fsp3) is 0.364. The number of hydrogen-bond donors (Lipinski definition) is 3. The van der Waals surface area contributed by atoms with Crippen molar-refractivity contribution in [3.8, 4) is 11.5 Å². The molecule has 0 saturated heterocycles. The van der Waals surface area contributed by atoms with E-state index >= 15 is 0 Å². The SMILES string of the molecule is COc1ccc(NC(=O)N[C@@H](C(N)=O)c2ccccc2)cc1OCCCC(C)C. The Kier molecular flexibility index (Phi) is 8.33. The molecule has 0 aliphatic carbocycles. The molecular weight excluding hydrogens is 370 g/mol. The average Bonchev–Trinajstić information content (AvgIpc) is 2.70. The van der Waals surface area contributed by atoms with E-state index in [-0.39, 0.29) is 0 Å². The Morgan fingerprint density at radius 3 is 2.41 bits per heavy atom. The summed E-state index contributed by atoms with van der Waals surface area (Å²) >= 11 is 0. The van der Waals surface area contributed by atoms with Crippen LogP contribution >= 0.6 is 0 Å². The van der Waals surface area contributed by atoms with Crippen LogP contribution in [0.5, 0.6) is 11.5 Å². The number of carbonyl (C=O) groups is 2. The van der Waals surface area contributed by atoms with Crippen molar-refractivity contribution in [2.75, 3.05) is 19.0 Å². The number of hydrogen-bond acceptors (Lipinski definition) is 4. The first-order valence-corrected chi connectivity index (χ1v) is 9.63. The van der Waals surface area contributed by atoms with Crippen LogP contribution in [0.1, 0.15) is 38.3 Å². The summed E-state index contributed by atoms with van der Waals surface area (Å²) in [4.78, 5) is 24.2. The first kappa shape index (κ1) is 22.1. The highest BCUT2D eigenvalue weighted by molar-refractivity contribution is 5.94. The lowest BCUT2D eigenvalue weighted by Crippen LogP contribution is -2.39. The third-order valence-electron chi connectivity index (χ3n) is 4.30. The quantitative estimate of drug-likeness (QED) is 0.528. The van der Waals surface area contributed by atoms with Gasteiger partial charge in [0.05, 0.1) is 13.7 Å². The molecule has 2 aromatic carbocycles. The van der Waals surface area contributed by atoms with Crippen LogP contribution in [-0.4, -0.2) is 25.7 Å². The Hall–Kier alpha value is -3.22. The number of urea groups is 1. The Morgan fingerprint density at radius 2 is 1.79 bits per heavy atom. The molecule has 0 bridgehead atoms. The number of ether oxygens (including phenoxy) is 2. The van der Waals surface area contributed by atoms with Crippen molar-refractivity contribution in [2.24, 2.45) is 11.7 Å². The zero-order valence-electron chi connectivity index (χ0n) is 17.1. The van der Waals surface area contributed by atoms with Gasteiger partial charge in [-0.05, 0) is 36.5 Å². The molecule has 0 aromatic heterocycles. The van der Waals surface area contributed by atoms with Gasteiger partial charge in [-0.3, -0.25) is 4.79 Å². The van der Waals surface area contributed by atoms with Gasteiger partial charge in [0.2, 0.25) is 5.91 Å². The molecule has 2 rings (SSSR count). The Labute approximate surface area is 171 Å². The van der Waals surface area contributed by atoms with Gasteiger partial charge in [0.1, 0.15) is 6.04 Å². The van der Waals surface area contributed by atoms with E-state index in [9.17, 15) is 9.59 Å². The van der Waals surface area contributed by atoms with Gasteiger partial charge < -0.3 is 25.8 Å². The van der Waals surface area contributed by atoms with E-state index in [2.05, 4.69) is 24.5 Å². The summed E-state index contributed by atoms with van der Waals surface area (Å²) in [6, 6.07) is 12.5. The van der Waals surface area contributed by atoms with Crippen LogP contribution in [0.4, 0.5) is 10.5 Å². The molecule has 0 aliphatic heterocycles. The van der Waals surface area contributed by atoms with Crippen LogP contribution in [-0.2, 0) is 4.79 Å². The average molecular weight is 399 g/mol. The monoisotopic (exact) mass is 399 g/mol. The van der Waals surface area contributed by atoms with Crippen LogP contribution in [0.3, 0.4) is 0 Å². The van der Waals surface area contributed by atoms with E-state index in [1.807, 2.05) is 6.07 Å². The van der Waals surface area contributed by atoms with Gasteiger partial charge in [0, 0.05) is 11.8 Å². The molecule has 0 unspecified atom stereocenters. The maximum Gasteiger partial charge on any atom is 0.320 e. The minimum atomic E-state index is -0.929. The molecule has 0 saturated carbocycles. The second-order valence-electron chi connectivity index (χ2n) is 7.09. The summed E-state index contributed by atoms with van der Waals surface area (Å²) < 4.78 is 11.1. The molecule has 0 aliphatic rings. The second-order valence-corrected chi connectivity index (χ2v) is 7.09. The van der Waals surface area contributed by atoms with E-state index in [1.54, 1.807) is 49.6 Å². The van der Waals surface area contributed by atoms with Crippen molar-refractivity contribution in [3.63, 3.8) is 0 Å². The van der Waals surface area contributed by atoms with Crippen molar-refractivity contribution in [1.82, 2.24) is 5.32 Å². The normalized spacial score (nSPS) is 11.6. The molecule has 0 spiro atoms. The predicted molar refractivity (Wildman–Crippen MR) is 113 cm³/mol. The van der Waals surface area contributed by atoms with E-state index in [1.165, 1.54) is 0 Å². The number of nitrogens with one attached hydrogen (secondary N) is 2. The Morgan fingerprint density at radius 1 is 1.07 bits per heavy atom. The first-order valence-electron chi connectivity index (χ1n) is 9.63. The molecule has 0 heterocycles. The van der Waals surface area contributed by atoms with E-state index in [4.69, 9.17) is 15.2 Å². The topological polar surface area (TPSA) is 103 Å². The zero-order chi connectivity index (χ0) is 21.2. The summed E-state index contributed by atoms with van der Waals surface area (Å²) in [7, 11) is 1.56. The third-order valence-corrected chi connectivity index (χ3v) is 4.30. The van der Waals surface area contributed by atoms with Crippen molar-refractivity contribution in [2.45, 2.75) is 32.7 Å². The zero-order valence-corrected chi connectivity index (χ0v) is 17.1. The van der Waals surface area contributed by atoms with Crippen molar-refractivity contribution >= 4 is 17.6 Å². The molecule has 7 nitrogen and oxygen atoms in total. The van der Waals surface area contributed by atoms with Crippen LogP contribution in [0.2, 0.25) is 0 Å². The molecule has 0 radical (unpaired) electrons. The molecular formula is C22H29N3O4. The molecule has 1 atom stereocenters. The molecule has 4 N–H and O–H groups in total. The van der Waals surface area contributed by atoms with E-state index in [0.29, 0.717) is 35.3 Å². The molecule has 29 heavy (non-hydrogen) atoms. The van der Waals surface area contributed by atoms with Gasteiger partial charge in [0.25, 0.3) is 0 Å². The molecule has 3 amide bonds. The Balaban J connectivity index is 2.03. The molecule has 2 aromatic rings. The van der Waals surface area contributed by atoms with Gasteiger partial charge in [-0.25, -0.2) is 4.79 Å². The minimum Gasteiger partial charge on any atom is -0.493 e. The third kappa shape index (κ3) is 7.03. The lowest BCUT2D eigenvalue weighted by Gasteiger charge is -2.17. The van der Waals surface area contributed by atoms with Crippen LogP contribution in [0, 0.1) is 5.92 Å². The summed E-state index contributed by atoms with van der Waals surface area (Å²) in [6.07, 6.45) is 1.99. The van der Waals surface area contributed by atoms with Crippen molar-refractivity contribution < 1.29 is 19.1 Å². The number of nitrogens with two attached hydrogens (primary N) is 1. The fourth-order valence-corrected chi connectivity index (χ4v) is 2.80. The largest absolute Gasteiger partial charge is 0.493 e. The number of primary amides is 1. The highest BCUT2D eigenvalue weighted by atomic mass is 16.5. The number of carbonyl (C=O) groups excluding carboxylic acids is 2. The van der Waals surface area contributed by atoms with Crippen LogP contribution < -0.4 is 25.8 Å². The molecule has 7 heteroatoms. The number of benzene rings is 2. The van der Waals surface area contributed by atoms with E-state index in [0.717, 1.165) is 12.8 Å². The number of methoxy groups -OCH3 is 1. The summed E-state index contributed by atoms with van der Waals surface area (Å²) in [5.74, 6) is 1.10. The maximum absolute atomic E-state index is 12.4. The van der Waals surface area contributed by atoms with Crippen LogP contribution in [0.25, 0.3) is 0 Å². The molecule has 0 fully saturated rings. The highest BCUT2D eigenvalue weighted by Crippen LogP contribution is 2.30. The number of amides is 3. The van der Waals surface area contributed by atoms with Gasteiger partial charge in [-0.2, -0.15) is 0 Å².